The zero-order chi connectivity index (χ0) is 21.8. The van der Waals surface area contributed by atoms with Crippen molar-refractivity contribution < 1.29 is 9.59 Å². The molecule has 0 N–H and O–H groups in total. The van der Waals surface area contributed by atoms with Crippen molar-refractivity contribution in [3.05, 3.63) is 23.8 Å². The van der Waals surface area contributed by atoms with E-state index in [1.807, 2.05) is 0 Å². The Balaban J connectivity index is 1.54. The van der Waals surface area contributed by atoms with Crippen molar-refractivity contribution in [1.29, 1.82) is 0 Å². The highest BCUT2D eigenvalue weighted by Crippen LogP contribution is 2.67. The van der Waals surface area contributed by atoms with Crippen LogP contribution < -0.4 is 0 Å². The van der Waals surface area contributed by atoms with Crippen LogP contribution in [0.1, 0.15) is 92.4 Å². The van der Waals surface area contributed by atoms with Crippen LogP contribution in [0.2, 0.25) is 0 Å². The van der Waals surface area contributed by atoms with Gasteiger partial charge in [-0.2, -0.15) is 0 Å². The molecule has 0 aromatic heterocycles. The Hall–Kier alpha value is -1.18. The molecule has 0 spiro atoms. The Bertz CT molecular complexity index is 774. The molecule has 4 aliphatic rings. The van der Waals surface area contributed by atoms with Crippen LogP contribution in [0.25, 0.3) is 0 Å². The molecular formula is C28H42O2. The number of allylic oxidation sites excluding steroid dienone is 2. The van der Waals surface area contributed by atoms with Gasteiger partial charge in [-0.05, 0) is 97.4 Å². The summed E-state index contributed by atoms with van der Waals surface area (Å²) in [6, 6.07) is 0. The van der Waals surface area contributed by atoms with E-state index >= 15 is 0 Å². The highest BCUT2D eigenvalue weighted by molar-refractivity contribution is 6.05. The van der Waals surface area contributed by atoms with Gasteiger partial charge < -0.3 is 0 Å². The highest BCUT2D eigenvalue weighted by atomic mass is 16.1. The average molecular weight is 411 g/mol. The lowest BCUT2D eigenvalue weighted by Gasteiger charge is -2.57. The van der Waals surface area contributed by atoms with Crippen LogP contribution in [-0.4, -0.2) is 11.6 Å². The number of fused-ring (bicyclic) bond motifs is 5. The molecule has 166 valence electrons. The first-order valence-corrected chi connectivity index (χ1v) is 12.5. The van der Waals surface area contributed by atoms with Gasteiger partial charge in [0.1, 0.15) is 0 Å². The number of carbonyl (C=O) groups excluding carboxylic acids is 2. The van der Waals surface area contributed by atoms with E-state index in [1.165, 1.54) is 37.7 Å². The van der Waals surface area contributed by atoms with Gasteiger partial charge in [0.15, 0.2) is 11.6 Å². The molecule has 2 heteroatoms. The third kappa shape index (κ3) is 3.37. The maximum Gasteiger partial charge on any atom is 0.159 e. The summed E-state index contributed by atoms with van der Waals surface area (Å²) in [6.45, 7) is 16.1. The zero-order valence-electron chi connectivity index (χ0n) is 19.9. The normalized spacial score (nSPS) is 41.7. The monoisotopic (exact) mass is 410 g/mol. The molecule has 3 saturated carbocycles. The van der Waals surface area contributed by atoms with Crippen molar-refractivity contribution in [3.8, 4) is 0 Å². The summed E-state index contributed by atoms with van der Waals surface area (Å²) in [6.07, 6.45) is 11.5. The summed E-state index contributed by atoms with van der Waals surface area (Å²) in [7, 11) is 0. The van der Waals surface area contributed by atoms with Gasteiger partial charge in [-0.1, -0.05) is 46.8 Å². The van der Waals surface area contributed by atoms with E-state index in [9.17, 15) is 9.59 Å². The van der Waals surface area contributed by atoms with Crippen molar-refractivity contribution in [1.82, 2.24) is 0 Å². The maximum atomic E-state index is 13.2. The second kappa shape index (κ2) is 7.75. The largest absolute Gasteiger partial charge is 0.295 e. The van der Waals surface area contributed by atoms with Gasteiger partial charge in [-0.15, -0.1) is 0 Å². The Morgan fingerprint density at radius 2 is 1.83 bits per heavy atom. The van der Waals surface area contributed by atoms with Gasteiger partial charge in [0.05, 0.1) is 0 Å². The molecule has 0 aromatic rings. The zero-order valence-corrected chi connectivity index (χ0v) is 19.9. The minimum absolute atomic E-state index is 0.0616. The summed E-state index contributed by atoms with van der Waals surface area (Å²) >= 11 is 0. The molecule has 7 atom stereocenters. The number of hydrogen-bond acceptors (Lipinski definition) is 2. The number of Topliss-reactive ketones (excluding diaryl/α,β-unsaturated/α-hetero) is 1. The lowest BCUT2D eigenvalue weighted by atomic mass is 9.46. The molecule has 0 amide bonds. The Morgan fingerprint density at radius 3 is 2.53 bits per heavy atom. The van der Waals surface area contributed by atoms with Crippen molar-refractivity contribution in [2.24, 2.45) is 46.3 Å². The second-order valence-electron chi connectivity index (χ2n) is 12.0. The Labute approximate surface area is 184 Å². The van der Waals surface area contributed by atoms with E-state index in [2.05, 4.69) is 41.2 Å². The maximum absolute atomic E-state index is 13.2. The van der Waals surface area contributed by atoms with Crippen LogP contribution in [-0.2, 0) is 9.59 Å². The Morgan fingerprint density at radius 1 is 1.10 bits per heavy atom. The third-order valence-electron chi connectivity index (χ3n) is 10.3. The molecule has 0 saturated heterocycles. The lowest BCUT2D eigenvalue weighted by molar-refractivity contribution is -0.131. The summed E-state index contributed by atoms with van der Waals surface area (Å²) in [5.74, 6) is 4.31. The van der Waals surface area contributed by atoms with E-state index in [0.29, 0.717) is 41.9 Å². The minimum Gasteiger partial charge on any atom is -0.295 e. The van der Waals surface area contributed by atoms with Gasteiger partial charge in [0.25, 0.3) is 0 Å². The SMILES string of the molecule is C=C(CCC(C)C1CCC2C3CC(=O)C4=CC(=O)CCC4(C)C3CCC12C)C(C)C. The molecule has 0 radical (unpaired) electrons. The first-order chi connectivity index (χ1) is 14.1. The first-order valence-electron chi connectivity index (χ1n) is 12.5. The predicted molar refractivity (Wildman–Crippen MR) is 123 cm³/mol. The fraction of sp³-hybridized carbons (Fsp3) is 0.786. The summed E-state index contributed by atoms with van der Waals surface area (Å²) in [5, 5.41) is 0. The van der Waals surface area contributed by atoms with E-state index in [1.54, 1.807) is 6.08 Å². The molecular weight excluding hydrogens is 368 g/mol. The van der Waals surface area contributed by atoms with Crippen LogP contribution in [0.5, 0.6) is 0 Å². The highest BCUT2D eigenvalue weighted by Gasteiger charge is 2.60. The van der Waals surface area contributed by atoms with Crippen molar-refractivity contribution in [2.45, 2.75) is 92.4 Å². The van der Waals surface area contributed by atoms with Crippen molar-refractivity contribution >= 4 is 11.6 Å². The van der Waals surface area contributed by atoms with E-state index in [0.717, 1.165) is 30.3 Å². The molecule has 4 aliphatic carbocycles. The van der Waals surface area contributed by atoms with Crippen LogP contribution in [0.15, 0.2) is 23.8 Å². The number of ketones is 2. The minimum atomic E-state index is -0.0616. The molecule has 30 heavy (non-hydrogen) atoms. The van der Waals surface area contributed by atoms with Crippen LogP contribution in [0, 0.1) is 46.3 Å². The second-order valence-corrected chi connectivity index (χ2v) is 12.0. The smallest absolute Gasteiger partial charge is 0.159 e. The van der Waals surface area contributed by atoms with Crippen LogP contribution in [0.4, 0.5) is 0 Å². The molecule has 3 fully saturated rings. The molecule has 7 unspecified atom stereocenters. The lowest BCUT2D eigenvalue weighted by Crippen LogP contribution is -2.53. The van der Waals surface area contributed by atoms with Crippen LogP contribution >= 0.6 is 0 Å². The van der Waals surface area contributed by atoms with Gasteiger partial charge in [0.2, 0.25) is 0 Å². The quantitative estimate of drug-likeness (QED) is 0.460. The van der Waals surface area contributed by atoms with E-state index in [-0.39, 0.29) is 17.0 Å². The first kappa shape index (κ1) is 22.0. The Kier molecular flexibility index (Phi) is 5.69. The van der Waals surface area contributed by atoms with Crippen molar-refractivity contribution in [3.63, 3.8) is 0 Å². The van der Waals surface area contributed by atoms with Crippen LogP contribution in [0.3, 0.4) is 0 Å². The van der Waals surface area contributed by atoms with Gasteiger partial charge in [-0.3, -0.25) is 9.59 Å². The summed E-state index contributed by atoms with van der Waals surface area (Å²) in [5.41, 5.74) is 2.58. The van der Waals surface area contributed by atoms with Gasteiger partial charge in [0, 0.05) is 18.4 Å². The third-order valence-corrected chi connectivity index (χ3v) is 10.3. The predicted octanol–water partition coefficient (Wildman–Crippen LogP) is 6.94. The average Bonchev–Trinajstić information content (AvgIpc) is 3.04. The van der Waals surface area contributed by atoms with E-state index in [4.69, 9.17) is 0 Å². The number of rotatable bonds is 5. The molecule has 0 bridgehead atoms. The number of hydrogen-bond donors (Lipinski definition) is 0. The van der Waals surface area contributed by atoms with Gasteiger partial charge >= 0.3 is 0 Å². The fourth-order valence-corrected chi connectivity index (χ4v) is 8.27. The molecule has 0 aromatic carbocycles. The summed E-state index contributed by atoms with van der Waals surface area (Å²) < 4.78 is 0. The fourth-order valence-electron chi connectivity index (χ4n) is 8.27. The number of carbonyl (C=O) groups is 2. The summed E-state index contributed by atoms with van der Waals surface area (Å²) in [4.78, 5) is 25.2. The van der Waals surface area contributed by atoms with E-state index < -0.39 is 0 Å². The molecule has 2 nitrogen and oxygen atoms in total. The standard InChI is InChI=1S/C28H42O2/c1-17(2)18(3)7-8-19(4)22-9-10-23-21-16-26(30)25-15-20(29)11-13-28(25,6)24(21)12-14-27(22,23)5/h15,17,19,21-24H,3,7-14,16H2,1-2,4-6H3. The topological polar surface area (TPSA) is 34.1 Å². The molecule has 0 aliphatic heterocycles. The van der Waals surface area contributed by atoms with Gasteiger partial charge in [-0.25, -0.2) is 0 Å². The van der Waals surface area contributed by atoms with Crippen molar-refractivity contribution in [2.75, 3.05) is 0 Å². The molecule has 0 heterocycles. The molecule has 4 rings (SSSR count).